The zero-order valence-corrected chi connectivity index (χ0v) is 14.3. The Labute approximate surface area is 131 Å². The van der Waals surface area contributed by atoms with Crippen LogP contribution in [0.15, 0.2) is 24.3 Å². The van der Waals surface area contributed by atoms with Crippen molar-refractivity contribution in [1.29, 1.82) is 0 Å². The standard InChI is InChI=1S/C19H33NO/c1-5-9-10-16(7-3)19(20-8-4)17-11-13-18(14-12-17)21-15-6-2/h11-14,16,19-20H,5-10,15H2,1-4H3. The molecule has 2 atom stereocenters. The summed E-state index contributed by atoms with van der Waals surface area (Å²) in [7, 11) is 0. The molecule has 21 heavy (non-hydrogen) atoms. The van der Waals surface area contributed by atoms with Gasteiger partial charge in [0.1, 0.15) is 5.75 Å². The van der Waals surface area contributed by atoms with Crippen molar-refractivity contribution in [1.82, 2.24) is 5.32 Å². The van der Waals surface area contributed by atoms with Gasteiger partial charge in [0.15, 0.2) is 0 Å². The highest BCUT2D eigenvalue weighted by molar-refractivity contribution is 5.29. The molecule has 0 heterocycles. The van der Waals surface area contributed by atoms with Crippen molar-refractivity contribution in [3.63, 3.8) is 0 Å². The molecule has 0 aromatic heterocycles. The monoisotopic (exact) mass is 291 g/mol. The summed E-state index contributed by atoms with van der Waals surface area (Å²) in [5, 5.41) is 3.68. The van der Waals surface area contributed by atoms with Crippen LogP contribution in [0.2, 0.25) is 0 Å². The van der Waals surface area contributed by atoms with Gasteiger partial charge in [-0.1, -0.05) is 59.1 Å². The molecule has 1 N–H and O–H groups in total. The Morgan fingerprint density at radius 3 is 2.24 bits per heavy atom. The van der Waals surface area contributed by atoms with E-state index in [1.807, 2.05) is 0 Å². The first-order valence-corrected chi connectivity index (χ1v) is 8.72. The van der Waals surface area contributed by atoms with E-state index in [-0.39, 0.29) is 0 Å². The molecule has 2 nitrogen and oxygen atoms in total. The second-order valence-electron chi connectivity index (χ2n) is 5.76. The lowest BCUT2D eigenvalue weighted by atomic mass is 9.87. The third-order valence-corrected chi connectivity index (χ3v) is 4.06. The third kappa shape index (κ3) is 6.09. The van der Waals surface area contributed by atoms with Crippen molar-refractivity contribution in [2.24, 2.45) is 5.92 Å². The van der Waals surface area contributed by atoms with Gasteiger partial charge in [0.05, 0.1) is 6.61 Å². The summed E-state index contributed by atoms with van der Waals surface area (Å²) in [5.74, 6) is 1.70. The molecule has 1 aromatic carbocycles. The maximum atomic E-state index is 5.68. The minimum absolute atomic E-state index is 0.465. The van der Waals surface area contributed by atoms with Gasteiger partial charge < -0.3 is 10.1 Å². The highest BCUT2D eigenvalue weighted by Gasteiger charge is 2.20. The molecule has 0 saturated heterocycles. The number of hydrogen-bond donors (Lipinski definition) is 1. The molecular weight excluding hydrogens is 258 g/mol. The van der Waals surface area contributed by atoms with Gasteiger partial charge in [0.25, 0.3) is 0 Å². The second-order valence-corrected chi connectivity index (χ2v) is 5.76. The number of hydrogen-bond acceptors (Lipinski definition) is 2. The minimum atomic E-state index is 0.465. The Balaban J connectivity index is 2.78. The lowest BCUT2D eigenvalue weighted by Gasteiger charge is -2.27. The molecule has 2 unspecified atom stereocenters. The van der Waals surface area contributed by atoms with Gasteiger partial charge in [0.2, 0.25) is 0 Å². The van der Waals surface area contributed by atoms with Crippen molar-refractivity contribution >= 4 is 0 Å². The van der Waals surface area contributed by atoms with Gasteiger partial charge in [-0.25, -0.2) is 0 Å². The minimum Gasteiger partial charge on any atom is -0.494 e. The van der Waals surface area contributed by atoms with E-state index < -0.39 is 0 Å². The van der Waals surface area contributed by atoms with Crippen LogP contribution in [0.3, 0.4) is 0 Å². The zero-order valence-electron chi connectivity index (χ0n) is 14.3. The van der Waals surface area contributed by atoms with Gasteiger partial charge in [-0.3, -0.25) is 0 Å². The Kier molecular flexibility index (Phi) is 9.16. The smallest absolute Gasteiger partial charge is 0.119 e. The normalized spacial score (nSPS) is 13.9. The van der Waals surface area contributed by atoms with Crippen molar-refractivity contribution < 1.29 is 4.74 Å². The molecule has 0 fully saturated rings. The molecule has 2 heteroatoms. The van der Waals surface area contributed by atoms with E-state index in [1.54, 1.807) is 0 Å². The number of nitrogens with one attached hydrogen (secondary N) is 1. The summed E-state index contributed by atoms with van der Waals surface area (Å²) >= 11 is 0. The number of ether oxygens (including phenoxy) is 1. The molecule has 0 spiro atoms. The number of benzene rings is 1. The summed E-state index contributed by atoms with van der Waals surface area (Å²) in [5.41, 5.74) is 1.39. The summed E-state index contributed by atoms with van der Waals surface area (Å²) in [4.78, 5) is 0. The van der Waals surface area contributed by atoms with Crippen LogP contribution in [-0.2, 0) is 0 Å². The van der Waals surface area contributed by atoms with Crippen LogP contribution >= 0.6 is 0 Å². The first-order valence-electron chi connectivity index (χ1n) is 8.72. The molecule has 1 aromatic rings. The maximum absolute atomic E-state index is 5.68. The summed E-state index contributed by atoms with van der Waals surface area (Å²) in [6, 6.07) is 9.15. The Morgan fingerprint density at radius 1 is 1.00 bits per heavy atom. The molecular formula is C19H33NO. The zero-order chi connectivity index (χ0) is 15.5. The van der Waals surface area contributed by atoms with Crippen LogP contribution in [0.4, 0.5) is 0 Å². The van der Waals surface area contributed by atoms with Crippen LogP contribution in [0, 0.1) is 5.92 Å². The molecule has 0 amide bonds. The van der Waals surface area contributed by atoms with Gasteiger partial charge in [-0.2, -0.15) is 0 Å². The summed E-state index contributed by atoms with van der Waals surface area (Å²) in [6.45, 7) is 10.7. The van der Waals surface area contributed by atoms with E-state index in [1.165, 1.54) is 31.2 Å². The fourth-order valence-corrected chi connectivity index (χ4v) is 2.84. The predicted octanol–water partition coefficient (Wildman–Crippen LogP) is 5.34. The van der Waals surface area contributed by atoms with Gasteiger partial charge in [0, 0.05) is 6.04 Å². The average Bonchev–Trinajstić information content (AvgIpc) is 2.53. The largest absolute Gasteiger partial charge is 0.494 e. The lowest BCUT2D eigenvalue weighted by molar-refractivity contribution is 0.315. The SMILES string of the molecule is CCCCC(CC)C(NCC)c1ccc(OCCC)cc1. The molecule has 0 radical (unpaired) electrons. The molecule has 0 aliphatic heterocycles. The first kappa shape index (κ1) is 18.0. The topological polar surface area (TPSA) is 21.3 Å². The first-order chi connectivity index (χ1) is 10.3. The third-order valence-electron chi connectivity index (χ3n) is 4.06. The average molecular weight is 291 g/mol. The van der Waals surface area contributed by atoms with E-state index in [4.69, 9.17) is 4.74 Å². The molecule has 0 bridgehead atoms. The summed E-state index contributed by atoms with van der Waals surface area (Å²) in [6.07, 6.45) is 6.18. The quantitative estimate of drug-likeness (QED) is 0.594. The van der Waals surface area contributed by atoms with Crippen LogP contribution in [-0.4, -0.2) is 13.2 Å². The van der Waals surface area contributed by atoms with Crippen molar-refractivity contribution in [2.45, 2.75) is 65.8 Å². The highest BCUT2D eigenvalue weighted by atomic mass is 16.5. The van der Waals surface area contributed by atoms with Crippen LogP contribution in [0.5, 0.6) is 5.75 Å². The van der Waals surface area contributed by atoms with E-state index in [0.29, 0.717) is 12.0 Å². The Bertz CT molecular complexity index is 360. The number of rotatable bonds is 11. The Morgan fingerprint density at radius 2 is 1.71 bits per heavy atom. The van der Waals surface area contributed by atoms with Gasteiger partial charge in [-0.05, 0) is 43.0 Å². The van der Waals surface area contributed by atoms with Crippen LogP contribution in [0.25, 0.3) is 0 Å². The molecule has 1 rings (SSSR count). The van der Waals surface area contributed by atoms with Gasteiger partial charge >= 0.3 is 0 Å². The summed E-state index contributed by atoms with van der Waals surface area (Å²) < 4.78 is 5.68. The fraction of sp³-hybridized carbons (Fsp3) is 0.684. The van der Waals surface area contributed by atoms with E-state index in [0.717, 1.165) is 25.3 Å². The molecule has 0 aliphatic carbocycles. The van der Waals surface area contributed by atoms with E-state index in [2.05, 4.69) is 57.3 Å². The fourth-order valence-electron chi connectivity index (χ4n) is 2.84. The Hall–Kier alpha value is -1.02. The predicted molar refractivity (Wildman–Crippen MR) is 92.0 cm³/mol. The number of unbranched alkanes of at least 4 members (excludes halogenated alkanes) is 1. The van der Waals surface area contributed by atoms with Crippen molar-refractivity contribution in [2.75, 3.05) is 13.2 Å². The van der Waals surface area contributed by atoms with Crippen molar-refractivity contribution in [3.05, 3.63) is 29.8 Å². The molecule has 0 saturated carbocycles. The second kappa shape index (κ2) is 10.7. The maximum Gasteiger partial charge on any atom is 0.119 e. The van der Waals surface area contributed by atoms with Gasteiger partial charge in [-0.15, -0.1) is 0 Å². The van der Waals surface area contributed by atoms with Crippen LogP contribution < -0.4 is 10.1 Å². The lowest BCUT2D eigenvalue weighted by Crippen LogP contribution is -2.28. The molecule has 120 valence electrons. The van der Waals surface area contributed by atoms with Crippen LogP contribution in [0.1, 0.15) is 71.4 Å². The highest BCUT2D eigenvalue weighted by Crippen LogP contribution is 2.30. The van der Waals surface area contributed by atoms with E-state index in [9.17, 15) is 0 Å². The van der Waals surface area contributed by atoms with Crippen molar-refractivity contribution in [3.8, 4) is 5.75 Å². The molecule has 0 aliphatic rings. The van der Waals surface area contributed by atoms with E-state index >= 15 is 0 Å².